The highest BCUT2D eigenvalue weighted by Crippen LogP contribution is 2.33. The number of aromatic nitrogens is 1. The first-order valence-electron chi connectivity index (χ1n) is 5.99. The molecule has 0 spiro atoms. The van der Waals surface area contributed by atoms with Crippen LogP contribution >= 0.6 is 57.1 Å². The summed E-state index contributed by atoms with van der Waals surface area (Å²) in [5.41, 5.74) is 6.15. The average Bonchev–Trinajstić information content (AvgIpc) is 2.99. The highest BCUT2D eigenvalue weighted by Gasteiger charge is 2.21. The molecule has 0 bridgehead atoms. The molecule has 1 amide bonds. The lowest BCUT2D eigenvalue weighted by atomic mass is 10.2. The third kappa shape index (κ3) is 2.54. The van der Waals surface area contributed by atoms with E-state index in [0.29, 0.717) is 10.4 Å². The van der Waals surface area contributed by atoms with Crippen molar-refractivity contribution in [2.75, 3.05) is 0 Å². The van der Waals surface area contributed by atoms with Crippen LogP contribution in [0.3, 0.4) is 0 Å². The van der Waals surface area contributed by atoms with Gasteiger partial charge in [-0.1, -0.05) is 29.3 Å². The van der Waals surface area contributed by atoms with Crippen LogP contribution in [0.1, 0.15) is 20.0 Å². The maximum Gasteiger partial charge on any atom is 0.265 e. The van der Waals surface area contributed by atoms with Gasteiger partial charge < -0.3 is 5.73 Å². The third-order valence-corrected chi connectivity index (χ3v) is 6.06. The number of nitrogens with zero attached hydrogens (tertiary/aromatic N) is 1. The van der Waals surface area contributed by atoms with Crippen molar-refractivity contribution in [1.82, 2.24) is 4.57 Å². The summed E-state index contributed by atoms with van der Waals surface area (Å²) in [5.74, 6) is -0.871. The molecular weight excluding hydrogens is 458 g/mol. The van der Waals surface area contributed by atoms with Gasteiger partial charge in [0.2, 0.25) is 0 Å². The van der Waals surface area contributed by atoms with E-state index in [1.54, 1.807) is 30.5 Å². The Bertz CT molecular complexity index is 912. The number of halogens is 3. The summed E-state index contributed by atoms with van der Waals surface area (Å²) in [6.07, 6.45) is 1.69. The molecular formula is C14H7Cl2IN2O2S. The average molecular weight is 465 g/mol. The number of rotatable bonds is 2. The molecule has 2 aromatic heterocycles. The second kappa shape index (κ2) is 5.84. The number of nitrogens with two attached hydrogens (primary N) is 1. The first-order valence-corrected chi connectivity index (χ1v) is 8.64. The van der Waals surface area contributed by atoms with Crippen LogP contribution in [0.15, 0.2) is 30.5 Å². The molecule has 22 heavy (non-hydrogen) atoms. The molecule has 4 nitrogen and oxygen atoms in total. The summed E-state index contributed by atoms with van der Waals surface area (Å²) in [4.78, 5) is 24.5. The fourth-order valence-electron chi connectivity index (χ4n) is 2.09. The Balaban J connectivity index is 2.22. The van der Waals surface area contributed by atoms with Crippen LogP contribution in [0.5, 0.6) is 0 Å². The number of amides is 1. The maximum atomic E-state index is 12.8. The normalized spacial score (nSPS) is 11.0. The first kappa shape index (κ1) is 15.8. The number of carbonyl (C=O) groups excluding carboxylic acids is 2. The molecule has 1 aromatic carbocycles. The predicted octanol–water partition coefficient (Wildman–Crippen LogP) is 4.40. The Morgan fingerprint density at radius 1 is 1.23 bits per heavy atom. The molecule has 0 fully saturated rings. The van der Waals surface area contributed by atoms with Crippen molar-refractivity contribution in [3.05, 3.63) is 54.5 Å². The van der Waals surface area contributed by atoms with E-state index in [1.807, 2.05) is 0 Å². The minimum absolute atomic E-state index is 0.228. The molecule has 0 saturated heterocycles. The number of primary amides is 1. The van der Waals surface area contributed by atoms with Gasteiger partial charge in [0.15, 0.2) is 0 Å². The van der Waals surface area contributed by atoms with Crippen LogP contribution in [0.2, 0.25) is 10.0 Å². The van der Waals surface area contributed by atoms with Gasteiger partial charge in [-0.2, -0.15) is 0 Å². The minimum Gasteiger partial charge on any atom is -0.365 e. The zero-order chi connectivity index (χ0) is 16.0. The smallest absolute Gasteiger partial charge is 0.265 e. The molecule has 0 aliphatic rings. The molecule has 0 atom stereocenters. The van der Waals surface area contributed by atoms with Crippen molar-refractivity contribution < 1.29 is 9.59 Å². The van der Waals surface area contributed by atoms with Crippen molar-refractivity contribution in [2.24, 2.45) is 5.73 Å². The quantitative estimate of drug-likeness (QED) is 0.571. The fourth-order valence-corrected chi connectivity index (χ4v) is 4.43. The van der Waals surface area contributed by atoms with Crippen LogP contribution in [0.25, 0.3) is 10.2 Å². The van der Waals surface area contributed by atoms with Gasteiger partial charge in [-0.3, -0.25) is 14.2 Å². The van der Waals surface area contributed by atoms with E-state index in [2.05, 4.69) is 22.6 Å². The van der Waals surface area contributed by atoms with Crippen LogP contribution in [-0.2, 0) is 0 Å². The maximum absolute atomic E-state index is 12.8. The molecule has 0 unspecified atom stereocenters. The van der Waals surface area contributed by atoms with Crippen LogP contribution < -0.4 is 5.73 Å². The number of carbonyl (C=O) groups is 2. The molecule has 3 aromatic rings. The molecule has 0 aliphatic heterocycles. The van der Waals surface area contributed by atoms with E-state index in [9.17, 15) is 9.59 Å². The van der Waals surface area contributed by atoms with Gasteiger partial charge in [0.1, 0.15) is 0 Å². The molecule has 0 radical (unpaired) electrons. The molecule has 2 N–H and O–H groups in total. The largest absolute Gasteiger partial charge is 0.365 e. The Labute approximate surface area is 152 Å². The SMILES string of the molecule is NC(=O)c1cc2c(s1)c(I)cn2C(=O)c1c(Cl)cccc1Cl. The summed E-state index contributed by atoms with van der Waals surface area (Å²) in [7, 11) is 0. The van der Waals surface area contributed by atoms with Gasteiger partial charge in [0.25, 0.3) is 11.8 Å². The van der Waals surface area contributed by atoms with Crippen molar-refractivity contribution in [3.8, 4) is 0 Å². The highest BCUT2D eigenvalue weighted by molar-refractivity contribution is 14.1. The Hall–Kier alpha value is -1.09. The topological polar surface area (TPSA) is 65.1 Å². The lowest BCUT2D eigenvalue weighted by Gasteiger charge is -2.07. The van der Waals surface area contributed by atoms with Crippen LogP contribution in [-0.4, -0.2) is 16.4 Å². The van der Waals surface area contributed by atoms with Crippen molar-refractivity contribution >= 4 is 79.2 Å². The zero-order valence-electron chi connectivity index (χ0n) is 10.8. The molecule has 8 heteroatoms. The summed E-state index contributed by atoms with van der Waals surface area (Å²) >= 11 is 15.5. The molecule has 3 rings (SSSR count). The number of fused-ring (bicyclic) bond motifs is 1. The molecule has 112 valence electrons. The lowest BCUT2D eigenvalue weighted by Crippen LogP contribution is -2.12. The lowest BCUT2D eigenvalue weighted by molar-refractivity contribution is 0.0962. The van der Waals surface area contributed by atoms with Crippen molar-refractivity contribution in [3.63, 3.8) is 0 Å². The molecule has 0 aliphatic carbocycles. The number of thiophene rings is 1. The van der Waals surface area contributed by atoms with Gasteiger partial charge in [0.05, 0.1) is 30.7 Å². The summed E-state index contributed by atoms with van der Waals surface area (Å²) in [5, 5.41) is 0.555. The summed E-state index contributed by atoms with van der Waals surface area (Å²) in [6, 6.07) is 6.49. The van der Waals surface area contributed by atoms with E-state index < -0.39 is 5.91 Å². The minimum atomic E-state index is -0.522. The van der Waals surface area contributed by atoms with Crippen molar-refractivity contribution in [2.45, 2.75) is 0 Å². The summed E-state index contributed by atoms with van der Waals surface area (Å²) < 4.78 is 3.11. The monoisotopic (exact) mass is 464 g/mol. The molecule has 2 heterocycles. The zero-order valence-corrected chi connectivity index (χ0v) is 15.3. The number of hydrogen-bond acceptors (Lipinski definition) is 3. The van der Waals surface area contributed by atoms with Gasteiger partial charge in [-0.15, -0.1) is 11.3 Å². The van der Waals surface area contributed by atoms with Gasteiger partial charge in [0, 0.05) is 9.77 Å². The first-order chi connectivity index (χ1) is 10.4. The second-order valence-electron chi connectivity index (χ2n) is 4.44. The van der Waals surface area contributed by atoms with Crippen LogP contribution in [0.4, 0.5) is 0 Å². The Morgan fingerprint density at radius 3 is 2.45 bits per heavy atom. The summed E-state index contributed by atoms with van der Waals surface area (Å²) in [6.45, 7) is 0. The van der Waals surface area contributed by atoms with E-state index >= 15 is 0 Å². The van der Waals surface area contributed by atoms with Gasteiger partial charge >= 0.3 is 0 Å². The van der Waals surface area contributed by atoms with E-state index in [-0.39, 0.29) is 21.5 Å². The van der Waals surface area contributed by atoms with E-state index in [0.717, 1.165) is 8.27 Å². The molecule has 0 saturated carbocycles. The Morgan fingerprint density at radius 2 is 1.86 bits per heavy atom. The third-order valence-electron chi connectivity index (χ3n) is 3.07. The van der Waals surface area contributed by atoms with Crippen molar-refractivity contribution in [1.29, 1.82) is 0 Å². The standard InChI is InChI=1S/C14H7Cl2IN2O2S/c15-6-2-1-3-7(16)11(6)14(21)19-5-8(17)12-9(19)4-10(22-12)13(18)20/h1-5H,(H2,18,20). The second-order valence-corrected chi connectivity index (χ2v) is 7.47. The fraction of sp³-hybridized carbons (Fsp3) is 0. The van der Waals surface area contributed by atoms with Gasteiger partial charge in [-0.25, -0.2) is 0 Å². The highest BCUT2D eigenvalue weighted by atomic mass is 127. The predicted molar refractivity (Wildman–Crippen MR) is 97.2 cm³/mol. The van der Waals surface area contributed by atoms with E-state index in [4.69, 9.17) is 28.9 Å². The number of hydrogen-bond donors (Lipinski definition) is 1. The Kier molecular flexibility index (Phi) is 4.19. The number of benzene rings is 1. The van der Waals surface area contributed by atoms with Gasteiger partial charge in [-0.05, 0) is 40.8 Å². The van der Waals surface area contributed by atoms with Crippen LogP contribution in [0, 0.1) is 3.57 Å². The van der Waals surface area contributed by atoms with E-state index in [1.165, 1.54) is 15.9 Å².